The normalized spacial score (nSPS) is 12.6. The van der Waals surface area contributed by atoms with Gasteiger partial charge in [0.1, 0.15) is 0 Å². The Morgan fingerprint density at radius 1 is 1.10 bits per heavy atom. The molecule has 112 valence electrons. The number of carbonyl (C=O) groups is 1. The first kappa shape index (κ1) is 17.0. The molecular formula is C12H9BrF6O. The zero-order chi connectivity index (χ0) is 15.6. The van der Waals surface area contributed by atoms with E-state index in [1.165, 1.54) is 0 Å². The van der Waals surface area contributed by atoms with Gasteiger partial charge in [-0.15, -0.1) is 0 Å². The van der Waals surface area contributed by atoms with Gasteiger partial charge in [-0.2, -0.15) is 26.3 Å². The van der Waals surface area contributed by atoms with E-state index < -0.39 is 43.0 Å². The van der Waals surface area contributed by atoms with Crippen LogP contribution in [0, 0.1) is 0 Å². The summed E-state index contributed by atoms with van der Waals surface area (Å²) < 4.78 is 73.4. The summed E-state index contributed by atoms with van der Waals surface area (Å²) in [6.45, 7) is 0. The summed E-state index contributed by atoms with van der Waals surface area (Å²) in [6.07, 6.45) is -11.0. The Labute approximate surface area is 119 Å². The molecule has 0 amide bonds. The van der Waals surface area contributed by atoms with Crippen LogP contribution in [-0.2, 0) is 6.18 Å². The molecule has 0 aromatic heterocycles. The number of halogens is 7. The predicted octanol–water partition coefficient (Wildman–Crippen LogP) is 5.38. The highest BCUT2D eigenvalue weighted by atomic mass is 79.9. The second-order valence-corrected chi connectivity index (χ2v) is 4.94. The summed E-state index contributed by atoms with van der Waals surface area (Å²) in [7, 11) is 0. The van der Waals surface area contributed by atoms with Gasteiger partial charge in [-0.05, 0) is 18.6 Å². The maximum Gasteiger partial charge on any atom is 0.417 e. The molecule has 1 aromatic carbocycles. The third-order valence-corrected chi connectivity index (χ3v) is 3.15. The van der Waals surface area contributed by atoms with Crippen molar-refractivity contribution in [1.82, 2.24) is 0 Å². The van der Waals surface area contributed by atoms with Gasteiger partial charge < -0.3 is 0 Å². The molecule has 20 heavy (non-hydrogen) atoms. The number of hydrogen-bond acceptors (Lipinski definition) is 1. The van der Waals surface area contributed by atoms with Gasteiger partial charge in [-0.25, -0.2) is 0 Å². The highest BCUT2D eigenvalue weighted by Crippen LogP contribution is 2.35. The average Bonchev–Trinajstić information content (AvgIpc) is 2.26. The summed E-state index contributed by atoms with van der Waals surface area (Å²) in [6, 6.07) is 2.84. The van der Waals surface area contributed by atoms with Crippen molar-refractivity contribution in [3.63, 3.8) is 0 Å². The summed E-state index contributed by atoms with van der Waals surface area (Å²) >= 11 is 2.71. The zero-order valence-electron chi connectivity index (χ0n) is 9.91. The Balaban J connectivity index is 2.80. The molecule has 0 fully saturated rings. The lowest BCUT2D eigenvalue weighted by molar-refractivity contribution is -0.138. The third kappa shape index (κ3) is 5.15. The van der Waals surface area contributed by atoms with E-state index in [2.05, 4.69) is 15.9 Å². The second kappa shape index (κ2) is 6.15. The molecule has 0 heterocycles. The smallest absolute Gasteiger partial charge is 0.294 e. The van der Waals surface area contributed by atoms with E-state index in [4.69, 9.17) is 0 Å². The first-order valence-electron chi connectivity index (χ1n) is 5.47. The van der Waals surface area contributed by atoms with Crippen molar-refractivity contribution in [2.75, 3.05) is 0 Å². The molecule has 0 atom stereocenters. The van der Waals surface area contributed by atoms with E-state index in [1.54, 1.807) is 0 Å². The topological polar surface area (TPSA) is 17.1 Å². The number of hydrogen-bond donors (Lipinski definition) is 0. The molecule has 8 heteroatoms. The summed E-state index contributed by atoms with van der Waals surface area (Å²) in [5.41, 5.74) is -1.28. The Kier molecular flexibility index (Phi) is 5.23. The molecule has 0 unspecified atom stereocenters. The van der Waals surface area contributed by atoms with Crippen LogP contribution >= 0.6 is 15.9 Å². The van der Waals surface area contributed by atoms with E-state index >= 15 is 0 Å². The fraction of sp³-hybridized carbons (Fsp3) is 0.417. The molecule has 1 rings (SSSR count). The summed E-state index contributed by atoms with van der Waals surface area (Å²) in [5.74, 6) is -0.743. The molecule has 0 bridgehead atoms. The van der Waals surface area contributed by atoms with Gasteiger partial charge >= 0.3 is 12.4 Å². The first-order valence-corrected chi connectivity index (χ1v) is 6.27. The third-order valence-electron chi connectivity index (χ3n) is 2.46. The van der Waals surface area contributed by atoms with Crippen molar-refractivity contribution in [2.24, 2.45) is 0 Å². The van der Waals surface area contributed by atoms with Crippen molar-refractivity contribution in [3.8, 4) is 0 Å². The molecule has 0 radical (unpaired) electrons. The van der Waals surface area contributed by atoms with Gasteiger partial charge in [-0.3, -0.25) is 4.79 Å². The van der Waals surface area contributed by atoms with Gasteiger partial charge in [0, 0.05) is 22.9 Å². The lowest BCUT2D eigenvalue weighted by atomic mass is 10.0. The van der Waals surface area contributed by atoms with Gasteiger partial charge in [0.15, 0.2) is 5.78 Å². The van der Waals surface area contributed by atoms with Crippen LogP contribution < -0.4 is 0 Å². The second-order valence-electron chi connectivity index (χ2n) is 4.08. The van der Waals surface area contributed by atoms with E-state index in [0.717, 1.165) is 12.1 Å². The maximum absolute atomic E-state index is 12.6. The average molecular weight is 363 g/mol. The van der Waals surface area contributed by atoms with Gasteiger partial charge in [0.2, 0.25) is 0 Å². The van der Waals surface area contributed by atoms with Crippen LogP contribution in [0.15, 0.2) is 22.7 Å². The van der Waals surface area contributed by atoms with Crippen LogP contribution in [0.3, 0.4) is 0 Å². The van der Waals surface area contributed by atoms with Gasteiger partial charge in [-0.1, -0.05) is 22.0 Å². The minimum Gasteiger partial charge on any atom is -0.294 e. The number of carbonyl (C=O) groups excluding carboxylic acids is 1. The van der Waals surface area contributed by atoms with Gasteiger partial charge in [0.05, 0.1) is 5.56 Å². The SMILES string of the molecule is O=C(CCCC(F)(F)F)c1ccc(Br)c(C(F)(F)F)c1. The number of alkyl halides is 6. The molecule has 0 saturated heterocycles. The van der Waals surface area contributed by atoms with E-state index in [-0.39, 0.29) is 10.0 Å². The fourth-order valence-electron chi connectivity index (χ4n) is 1.51. The highest BCUT2D eigenvalue weighted by Gasteiger charge is 2.33. The monoisotopic (exact) mass is 362 g/mol. The molecule has 1 aromatic rings. The number of ketones is 1. The summed E-state index contributed by atoms with van der Waals surface area (Å²) in [4.78, 5) is 11.6. The fourth-order valence-corrected chi connectivity index (χ4v) is 1.98. The Morgan fingerprint density at radius 2 is 1.70 bits per heavy atom. The molecule has 0 N–H and O–H groups in total. The van der Waals surface area contributed by atoms with Crippen molar-refractivity contribution < 1.29 is 31.1 Å². The van der Waals surface area contributed by atoms with Crippen LogP contribution in [-0.4, -0.2) is 12.0 Å². The van der Waals surface area contributed by atoms with Crippen molar-refractivity contribution in [3.05, 3.63) is 33.8 Å². The maximum atomic E-state index is 12.6. The molecule has 0 aliphatic carbocycles. The number of Topliss-reactive ketones (excluding diaryl/α,β-unsaturated/α-hetero) is 1. The Hall–Kier alpha value is -1.05. The molecule has 0 aliphatic heterocycles. The Bertz CT molecular complexity index is 492. The highest BCUT2D eigenvalue weighted by molar-refractivity contribution is 9.10. The van der Waals surface area contributed by atoms with Crippen LogP contribution in [0.1, 0.15) is 35.2 Å². The lowest BCUT2D eigenvalue weighted by Crippen LogP contribution is -2.10. The van der Waals surface area contributed by atoms with Crippen molar-refractivity contribution >= 4 is 21.7 Å². The number of rotatable bonds is 4. The lowest BCUT2D eigenvalue weighted by Gasteiger charge is -2.11. The number of benzene rings is 1. The first-order chi connectivity index (χ1) is 9.00. The molecule has 0 aliphatic rings. The van der Waals surface area contributed by atoms with E-state index in [0.29, 0.717) is 6.07 Å². The van der Waals surface area contributed by atoms with Crippen molar-refractivity contribution in [2.45, 2.75) is 31.6 Å². The molecule has 0 spiro atoms. The standard InChI is InChI=1S/C12H9BrF6O/c13-9-4-3-7(6-8(9)12(17,18)19)10(20)2-1-5-11(14,15)16/h3-4,6H,1-2,5H2. The molecular weight excluding hydrogens is 354 g/mol. The zero-order valence-corrected chi connectivity index (χ0v) is 11.5. The molecule has 0 saturated carbocycles. The quantitative estimate of drug-likeness (QED) is 0.518. The van der Waals surface area contributed by atoms with E-state index in [1.807, 2.05) is 0 Å². The predicted molar refractivity (Wildman–Crippen MR) is 63.4 cm³/mol. The summed E-state index contributed by atoms with van der Waals surface area (Å²) in [5, 5.41) is 0. The minimum atomic E-state index is -4.64. The van der Waals surface area contributed by atoms with Crippen LogP contribution in [0.2, 0.25) is 0 Å². The largest absolute Gasteiger partial charge is 0.417 e. The Morgan fingerprint density at radius 3 is 2.20 bits per heavy atom. The van der Waals surface area contributed by atoms with Crippen molar-refractivity contribution in [1.29, 1.82) is 0 Å². The van der Waals surface area contributed by atoms with Crippen LogP contribution in [0.25, 0.3) is 0 Å². The van der Waals surface area contributed by atoms with Crippen LogP contribution in [0.4, 0.5) is 26.3 Å². The van der Waals surface area contributed by atoms with E-state index in [9.17, 15) is 31.1 Å². The van der Waals surface area contributed by atoms with Gasteiger partial charge in [0.25, 0.3) is 0 Å². The van der Waals surface area contributed by atoms with Crippen LogP contribution in [0.5, 0.6) is 0 Å². The molecule has 1 nitrogen and oxygen atoms in total. The minimum absolute atomic E-state index is 0.225.